The Balaban J connectivity index is 1.45. The molecule has 3 rings (SSSR count). The predicted octanol–water partition coefficient (Wildman–Crippen LogP) is 1.96. The van der Waals surface area contributed by atoms with E-state index in [9.17, 15) is 4.79 Å². The molecule has 1 aromatic heterocycles. The fourth-order valence-electron chi connectivity index (χ4n) is 2.88. The lowest BCUT2D eigenvalue weighted by molar-refractivity contribution is -0.121. The summed E-state index contributed by atoms with van der Waals surface area (Å²) >= 11 is 0. The summed E-state index contributed by atoms with van der Waals surface area (Å²) in [7, 11) is 1.65. The number of rotatable bonds is 6. The molecular formula is C18H23N3O3. The molecule has 0 saturated carbocycles. The largest absolute Gasteiger partial charge is 0.497 e. The fraction of sp³-hybridized carbons (Fsp3) is 0.444. The average molecular weight is 329 g/mol. The SMILES string of the molecule is COc1ccc2c(c1)OCC(CNC(=O)CCn1ccnc1C)C2. The van der Waals surface area contributed by atoms with Crippen molar-refractivity contribution in [3.63, 3.8) is 0 Å². The van der Waals surface area contributed by atoms with Gasteiger partial charge in [0.15, 0.2) is 0 Å². The van der Waals surface area contributed by atoms with Crippen molar-refractivity contribution in [3.05, 3.63) is 42.0 Å². The van der Waals surface area contributed by atoms with Crippen molar-refractivity contribution in [1.82, 2.24) is 14.9 Å². The Morgan fingerprint density at radius 1 is 1.50 bits per heavy atom. The lowest BCUT2D eigenvalue weighted by Gasteiger charge is -2.25. The first-order valence-corrected chi connectivity index (χ1v) is 8.20. The van der Waals surface area contributed by atoms with Crippen LogP contribution in [0.15, 0.2) is 30.6 Å². The minimum atomic E-state index is 0.0589. The summed E-state index contributed by atoms with van der Waals surface area (Å²) in [6.07, 6.45) is 5.00. The van der Waals surface area contributed by atoms with Crippen LogP contribution in [0.5, 0.6) is 11.5 Å². The Morgan fingerprint density at radius 3 is 3.12 bits per heavy atom. The molecule has 1 aliphatic rings. The average Bonchev–Trinajstić information content (AvgIpc) is 3.02. The van der Waals surface area contributed by atoms with Crippen molar-refractivity contribution in [2.24, 2.45) is 5.92 Å². The molecule has 2 heterocycles. The first-order chi connectivity index (χ1) is 11.7. The van der Waals surface area contributed by atoms with E-state index < -0.39 is 0 Å². The lowest BCUT2D eigenvalue weighted by atomic mass is 9.96. The van der Waals surface area contributed by atoms with Crippen LogP contribution in [0.25, 0.3) is 0 Å². The Kier molecular flexibility index (Phi) is 5.03. The first-order valence-electron chi connectivity index (χ1n) is 8.20. The zero-order chi connectivity index (χ0) is 16.9. The van der Waals surface area contributed by atoms with E-state index in [0.29, 0.717) is 32.0 Å². The highest BCUT2D eigenvalue weighted by Gasteiger charge is 2.20. The van der Waals surface area contributed by atoms with Gasteiger partial charge in [-0.05, 0) is 25.0 Å². The molecule has 1 aromatic carbocycles. The van der Waals surface area contributed by atoms with Crippen LogP contribution in [-0.2, 0) is 17.8 Å². The molecule has 2 aromatic rings. The maximum absolute atomic E-state index is 12.0. The first kappa shape index (κ1) is 16.4. The molecule has 1 unspecified atom stereocenters. The normalized spacial score (nSPS) is 16.2. The lowest BCUT2D eigenvalue weighted by Crippen LogP contribution is -2.35. The number of hydrogen-bond acceptors (Lipinski definition) is 4. The smallest absolute Gasteiger partial charge is 0.221 e. The molecule has 1 atom stereocenters. The van der Waals surface area contributed by atoms with Gasteiger partial charge in [-0.2, -0.15) is 0 Å². The number of nitrogens with zero attached hydrogens (tertiary/aromatic N) is 2. The van der Waals surface area contributed by atoms with Gasteiger partial charge in [-0.1, -0.05) is 6.07 Å². The van der Waals surface area contributed by atoms with Crippen molar-refractivity contribution in [3.8, 4) is 11.5 Å². The van der Waals surface area contributed by atoms with Crippen molar-refractivity contribution in [2.45, 2.75) is 26.3 Å². The van der Waals surface area contributed by atoms with E-state index in [1.54, 1.807) is 13.3 Å². The van der Waals surface area contributed by atoms with Crippen LogP contribution in [0.3, 0.4) is 0 Å². The summed E-state index contributed by atoms with van der Waals surface area (Å²) in [5.74, 6) is 2.96. The van der Waals surface area contributed by atoms with Gasteiger partial charge >= 0.3 is 0 Å². The van der Waals surface area contributed by atoms with Gasteiger partial charge in [0.2, 0.25) is 5.91 Å². The highest BCUT2D eigenvalue weighted by Crippen LogP contribution is 2.30. The van der Waals surface area contributed by atoms with Gasteiger partial charge in [-0.15, -0.1) is 0 Å². The molecule has 24 heavy (non-hydrogen) atoms. The van der Waals surface area contributed by atoms with Gasteiger partial charge in [-0.25, -0.2) is 4.98 Å². The van der Waals surface area contributed by atoms with E-state index in [2.05, 4.69) is 10.3 Å². The number of aromatic nitrogens is 2. The number of carbonyl (C=O) groups is 1. The molecular weight excluding hydrogens is 306 g/mol. The highest BCUT2D eigenvalue weighted by molar-refractivity contribution is 5.75. The summed E-state index contributed by atoms with van der Waals surface area (Å²) < 4.78 is 13.0. The number of nitrogens with one attached hydrogen (secondary N) is 1. The number of carbonyl (C=O) groups excluding carboxylic acids is 1. The predicted molar refractivity (Wildman–Crippen MR) is 90.3 cm³/mol. The van der Waals surface area contributed by atoms with E-state index in [1.807, 2.05) is 35.9 Å². The molecule has 1 aliphatic heterocycles. The van der Waals surface area contributed by atoms with Gasteiger partial charge in [0, 0.05) is 43.9 Å². The van der Waals surface area contributed by atoms with E-state index in [4.69, 9.17) is 9.47 Å². The number of methoxy groups -OCH3 is 1. The summed E-state index contributed by atoms with van der Waals surface area (Å²) in [5.41, 5.74) is 1.16. The number of hydrogen-bond donors (Lipinski definition) is 1. The Labute approximate surface area is 141 Å². The molecule has 0 radical (unpaired) electrons. The fourth-order valence-corrected chi connectivity index (χ4v) is 2.88. The van der Waals surface area contributed by atoms with Crippen LogP contribution in [0.4, 0.5) is 0 Å². The molecule has 128 valence electrons. The van der Waals surface area contributed by atoms with Crippen LogP contribution < -0.4 is 14.8 Å². The van der Waals surface area contributed by atoms with Crippen LogP contribution in [-0.4, -0.2) is 35.7 Å². The number of amides is 1. The Hall–Kier alpha value is -2.50. The van der Waals surface area contributed by atoms with Crippen molar-refractivity contribution in [1.29, 1.82) is 0 Å². The molecule has 0 bridgehead atoms. The van der Waals surface area contributed by atoms with Gasteiger partial charge in [0.05, 0.1) is 13.7 Å². The van der Waals surface area contributed by atoms with Gasteiger partial charge in [0.25, 0.3) is 0 Å². The number of ether oxygens (including phenoxy) is 2. The maximum atomic E-state index is 12.0. The van der Waals surface area contributed by atoms with Gasteiger partial charge < -0.3 is 19.4 Å². The van der Waals surface area contributed by atoms with Crippen LogP contribution in [0.2, 0.25) is 0 Å². The third-order valence-electron chi connectivity index (χ3n) is 4.35. The minimum absolute atomic E-state index is 0.0589. The van der Waals surface area contributed by atoms with Crippen LogP contribution in [0.1, 0.15) is 17.8 Å². The van der Waals surface area contributed by atoms with Crippen LogP contribution >= 0.6 is 0 Å². The van der Waals surface area contributed by atoms with Gasteiger partial charge in [0.1, 0.15) is 17.3 Å². The molecule has 6 nitrogen and oxygen atoms in total. The number of fused-ring (bicyclic) bond motifs is 1. The molecule has 0 aliphatic carbocycles. The van der Waals surface area contributed by atoms with E-state index in [0.717, 1.165) is 29.3 Å². The standard InChI is InChI=1S/C18H23N3O3/c1-13-19-6-8-21(13)7-5-18(22)20-11-14-9-15-3-4-16(23-2)10-17(15)24-12-14/h3-4,6,8,10,14H,5,7,9,11-12H2,1-2H3,(H,20,22). The van der Waals surface area contributed by atoms with Crippen molar-refractivity contribution < 1.29 is 14.3 Å². The Morgan fingerprint density at radius 2 is 2.38 bits per heavy atom. The topological polar surface area (TPSA) is 65.4 Å². The van der Waals surface area contributed by atoms with Crippen molar-refractivity contribution >= 4 is 5.91 Å². The van der Waals surface area contributed by atoms with Crippen molar-refractivity contribution in [2.75, 3.05) is 20.3 Å². The molecule has 0 fully saturated rings. The van der Waals surface area contributed by atoms with E-state index in [1.165, 1.54) is 0 Å². The molecule has 0 saturated heterocycles. The summed E-state index contributed by atoms with van der Waals surface area (Å²) in [6, 6.07) is 5.89. The quantitative estimate of drug-likeness (QED) is 0.880. The molecule has 6 heteroatoms. The van der Waals surface area contributed by atoms with E-state index in [-0.39, 0.29) is 5.91 Å². The molecule has 0 spiro atoms. The monoisotopic (exact) mass is 329 g/mol. The third-order valence-corrected chi connectivity index (χ3v) is 4.35. The number of aryl methyl sites for hydroxylation is 2. The van der Waals surface area contributed by atoms with E-state index >= 15 is 0 Å². The second-order valence-corrected chi connectivity index (χ2v) is 6.08. The highest BCUT2D eigenvalue weighted by atomic mass is 16.5. The Bertz CT molecular complexity index is 711. The minimum Gasteiger partial charge on any atom is -0.497 e. The number of benzene rings is 1. The molecule has 1 amide bonds. The molecule has 1 N–H and O–H groups in total. The second kappa shape index (κ2) is 7.38. The maximum Gasteiger partial charge on any atom is 0.221 e. The zero-order valence-corrected chi connectivity index (χ0v) is 14.1. The summed E-state index contributed by atoms with van der Waals surface area (Å²) in [6.45, 7) is 3.83. The third kappa shape index (κ3) is 3.88. The summed E-state index contributed by atoms with van der Waals surface area (Å²) in [5, 5.41) is 3.01. The number of imidazole rings is 1. The second-order valence-electron chi connectivity index (χ2n) is 6.08. The zero-order valence-electron chi connectivity index (χ0n) is 14.1. The van der Waals surface area contributed by atoms with Gasteiger partial charge in [-0.3, -0.25) is 4.79 Å². The van der Waals surface area contributed by atoms with Crippen LogP contribution in [0, 0.1) is 12.8 Å². The summed E-state index contributed by atoms with van der Waals surface area (Å²) in [4.78, 5) is 16.2.